The van der Waals surface area contributed by atoms with E-state index in [0.717, 1.165) is 10.9 Å². The van der Waals surface area contributed by atoms with Gasteiger partial charge >= 0.3 is 49.4 Å². The van der Waals surface area contributed by atoms with Gasteiger partial charge in [0.1, 0.15) is 11.9 Å². The second-order valence-electron chi connectivity index (χ2n) is 16.9. The molecule has 28 heteroatoms. The molecule has 0 aliphatic heterocycles. The molecule has 0 saturated carbocycles. The molecule has 0 unspecified atom stereocenters. The first-order valence-corrected chi connectivity index (χ1v) is 21.1. The lowest BCUT2D eigenvalue weighted by molar-refractivity contribution is -0.657. The van der Waals surface area contributed by atoms with Gasteiger partial charge in [0.05, 0.1) is 50.1 Å². The molecular weight excluding hydrogens is 1100 g/mol. The highest BCUT2D eigenvalue weighted by Crippen LogP contribution is 2.41. The van der Waals surface area contributed by atoms with Gasteiger partial charge in [0.2, 0.25) is 17.8 Å². The molecule has 3 nitrogen and oxygen atoms in total. The van der Waals surface area contributed by atoms with Crippen LogP contribution in [0, 0.1) is 0 Å². The number of alkyl halides is 24. The standard InChI is InChI=1S/C32H12BF24.C17H13NO2/c34-25(35,36)13-1-14(26(37,38)39)6-21(5-13)33(22-7-15(27(40,41)42)2-16(8-22)28(43,44)45,23-9-17(29(46,47)48)3-18(10-23)30(49,50)51)24-11-19(31(52,53)54)4-20(12-24)32(55,56)57;19-16-10-4-2-8-14(16)17(20)12-18-11-5-7-13-6-1-3-9-15(13)18/h1-12H;1-11H,12H2/q-1;/p+1. The number of carbonyl (C=O) groups is 1. The SMILES string of the molecule is FC(F)(F)c1cc([B-](c2cc(C(F)(F)F)cc(C(F)(F)F)c2)(c2cc(C(F)(F)F)cc(C(F)(F)F)c2)c2cc(C(F)(F)F)cc(C(F)(F)F)c2)cc(C(F)(F)F)c1.O=C(C[n+]1cccc2ccccc21)c1ccccc1O. The Bertz CT molecular complexity index is 2880. The number of benzene rings is 6. The summed E-state index contributed by atoms with van der Waals surface area (Å²) in [5.74, 6) is -0.0808. The number of phenols is 1. The van der Waals surface area contributed by atoms with Gasteiger partial charge in [-0.05, 0) is 48.5 Å². The number of hydrogen-bond donors (Lipinski definition) is 1. The number of hydrogen-bond acceptors (Lipinski definition) is 2. The van der Waals surface area contributed by atoms with Gasteiger partial charge in [-0.1, -0.05) is 72.8 Å². The van der Waals surface area contributed by atoms with Crippen molar-refractivity contribution in [2.75, 3.05) is 0 Å². The molecule has 0 aliphatic carbocycles. The zero-order valence-corrected chi connectivity index (χ0v) is 37.4. The van der Waals surface area contributed by atoms with Crippen molar-refractivity contribution in [1.82, 2.24) is 0 Å². The predicted octanol–water partition coefficient (Wildman–Crippen LogP) is 13.9. The molecular formula is C49H26BF24NO2. The van der Waals surface area contributed by atoms with Gasteiger partial charge in [-0.2, -0.15) is 132 Å². The first-order chi connectivity index (χ1) is 35.0. The zero-order chi connectivity index (χ0) is 57.9. The van der Waals surface area contributed by atoms with Crippen LogP contribution < -0.4 is 26.4 Å². The minimum absolute atomic E-state index is 0.0262. The van der Waals surface area contributed by atoms with E-state index in [2.05, 4.69) is 0 Å². The van der Waals surface area contributed by atoms with Gasteiger partial charge in [-0.3, -0.25) is 4.79 Å². The van der Waals surface area contributed by atoms with E-state index in [4.69, 9.17) is 0 Å². The monoisotopic (exact) mass is 1130 g/mol. The number of pyridine rings is 1. The van der Waals surface area contributed by atoms with E-state index in [1.54, 1.807) is 18.2 Å². The topological polar surface area (TPSA) is 41.2 Å². The molecule has 0 bridgehead atoms. The first kappa shape index (κ1) is 58.8. The molecule has 0 amide bonds. The Morgan fingerprint density at radius 2 is 0.623 bits per heavy atom. The number of nitrogens with zero attached hydrogens (tertiary/aromatic N) is 1. The summed E-state index contributed by atoms with van der Waals surface area (Å²) in [6, 6.07) is 9.65. The van der Waals surface area contributed by atoms with Crippen molar-refractivity contribution in [3.8, 4) is 5.75 Å². The largest absolute Gasteiger partial charge is 0.507 e. The molecule has 6 aromatic carbocycles. The van der Waals surface area contributed by atoms with Crippen LogP contribution in [0.2, 0.25) is 0 Å². The minimum atomic E-state index is -6.13. The Labute approximate surface area is 415 Å². The zero-order valence-electron chi connectivity index (χ0n) is 37.4. The normalized spacial score (nSPS) is 13.4. The van der Waals surface area contributed by atoms with Crippen molar-refractivity contribution in [3.63, 3.8) is 0 Å². The van der Waals surface area contributed by atoms with Crippen molar-refractivity contribution in [2.45, 2.75) is 56.0 Å². The number of carbonyl (C=O) groups excluding carboxylic acids is 1. The van der Waals surface area contributed by atoms with Crippen LogP contribution in [0.4, 0.5) is 105 Å². The van der Waals surface area contributed by atoms with Gasteiger partial charge in [0.15, 0.2) is 6.20 Å². The average molecular weight is 1130 g/mol. The summed E-state index contributed by atoms with van der Waals surface area (Å²) in [6.07, 6.45) is -52.9. The highest BCUT2D eigenvalue weighted by molar-refractivity contribution is 7.20. The van der Waals surface area contributed by atoms with Crippen LogP contribution in [0.1, 0.15) is 54.9 Å². The van der Waals surface area contributed by atoms with Crippen LogP contribution in [0.15, 0.2) is 140 Å². The summed E-state index contributed by atoms with van der Waals surface area (Å²) in [6.45, 7) is 0.207. The number of aromatic hydroxyl groups is 1. The van der Waals surface area contributed by atoms with E-state index in [0.29, 0.717) is 5.56 Å². The van der Waals surface area contributed by atoms with Crippen LogP contribution in [0.5, 0.6) is 5.75 Å². The Balaban J connectivity index is 0.000000397. The fraction of sp³-hybridized carbons (Fsp3) is 0.184. The molecule has 7 rings (SSSR count). The van der Waals surface area contributed by atoms with Crippen molar-refractivity contribution in [3.05, 3.63) is 190 Å². The summed E-state index contributed by atoms with van der Waals surface area (Å²) in [7, 11) is 0. The Kier molecular flexibility index (Phi) is 15.4. The molecule has 0 aliphatic rings. The van der Waals surface area contributed by atoms with Crippen molar-refractivity contribution < 1.29 is 120 Å². The number of aromatic nitrogens is 1. The lowest BCUT2D eigenvalue weighted by Gasteiger charge is -2.46. The van der Waals surface area contributed by atoms with E-state index in [1.807, 2.05) is 47.2 Å². The van der Waals surface area contributed by atoms with Gasteiger partial charge < -0.3 is 5.11 Å². The van der Waals surface area contributed by atoms with Crippen LogP contribution in [-0.4, -0.2) is 17.0 Å². The molecule has 0 fully saturated rings. The Morgan fingerprint density at radius 3 is 0.909 bits per heavy atom. The highest BCUT2D eigenvalue weighted by Gasteiger charge is 2.47. The van der Waals surface area contributed by atoms with Crippen molar-refractivity contribution in [2.24, 2.45) is 0 Å². The molecule has 0 saturated heterocycles. The second kappa shape index (κ2) is 20.2. The molecule has 0 radical (unpaired) electrons. The molecule has 1 heterocycles. The fourth-order valence-electron chi connectivity index (χ4n) is 8.38. The maximum absolute atomic E-state index is 14.2. The predicted molar refractivity (Wildman–Crippen MR) is 227 cm³/mol. The Hall–Kier alpha value is -7.42. The maximum Gasteiger partial charge on any atom is 0.416 e. The van der Waals surface area contributed by atoms with Crippen LogP contribution in [0.25, 0.3) is 10.9 Å². The lowest BCUT2D eigenvalue weighted by atomic mass is 9.12. The van der Waals surface area contributed by atoms with E-state index in [1.165, 1.54) is 6.07 Å². The smallest absolute Gasteiger partial charge is 0.416 e. The van der Waals surface area contributed by atoms with E-state index in [9.17, 15) is 115 Å². The van der Waals surface area contributed by atoms with Crippen molar-refractivity contribution in [1.29, 1.82) is 0 Å². The number of ketones is 1. The van der Waals surface area contributed by atoms with Crippen molar-refractivity contribution >= 4 is 44.7 Å². The number of para-hydroxylation sites is 2. The van der Waals surface area contributed by atoms with Gasteiger partial charge in [0, 0.05) is 17.5 Å². The number of phenolic OH excluding ortho intramolecular Hbond substituents is 1. The lowest BCUT2D eigenvalue weighted by Crippen LogP contribution is -2.75. The third kappa shape index (κ3) is 13.1. The van der Waals surface area contributed by atoms with Gasteiger partial charge in [-0.25, -0.2) is 0 Å². The third-order valence-electron chi connectivity index (χ3n) is 11.7. The summed E-state index contributed by atoms with van der Waals surface area (Å²) < 4.78 is 343. The number of rotatable bonds is 7. The van der Waals surface area contributed by atoms with Crippen LogP contribution in [0.3, 0.4) is 0 Å². The molecule has 410 valence electrons. The van der Waals surface area contributed by atoms with Crippen LogP contribution >= 0.6 is 0 Å². The average Bonchev–Trinajstić information content (AvgIpc) is 3.30. The van der Waals surface area contributed by atoms with Gasteiger partial charge in [0.25, 0.3) is 0 Å². The molecule has 0 atom stereocenters. The Morgan fingerprint density at radius 1 is 0.364 bits per heavy atom. The summed E-state index contributed by atoms with van der Waals surface area (Å²) in [5, 5.41) is 10.8. The summed E-state index contributed by atoms with van der Waals surface area (Å²) in [4.78, 5) is 12.3. The molecule has 7 aromatic rings. The third-order valence-corrected chi connectivity index (χ3v) is 11.7. The first-order valence-electron chi connectivity index (χ1n) is 21.1. The number of fused-ring (bicyclic) bond motifs is 1. The number of halogens is 24. The minimum Gasteiger partial charge on any atom is -0.507 e. The molecule has 0 spiro atoms. The van der Waals surface area contributed by atoms with Gasteiger partial charge in [-0.15, -0.1) is 0 Å². The number of Topliss-reactive ketones (excluding diaryl/α,β-unsaturated/α-hetero) is 1. The molecule has 1 aromatic heterocycles. The second-order valence-corrected chi connectivity index (χ2v) is 16.9. The summed E-state index contributed by atoms with van der Waals surface area (Å²) in [5.41, 5.74) is -28.9. The summed E-state index contributed by atoms with van der Waals surface area (Å²) >= 11 is 0. The fourth-order valence-corrected chi connectivity index (χ4v) is 8.38. The molecule has 77 heavy (non-hydrogen) atoms. The quantitative estimate of drug-likeness (QED) is 0.0748. The highest BCUT2D eigenvalue weighted by atomic mass is 19.4. The molecule has 1 N–H and O–H groups in total. The maximum atomic E-state index is 14.2. The van der Waals surface area contributed by atoms with E-state index >= 15 is 0 Å². The van der Waals surface area contributed by atoms with E-state index in [-0.39, 0.29) is 18.1 Å². The van der Waals surface area contributed by atoms with Crippen LogP contribution in [-0.2, 0) is 56.0 Å². The van der Waals surface area contributed by atoms with E-state index < -0.39 is 195 Å².